The van der Waals surface area contributed by atoms with Crippen molar-refractivity contribution in [2.75, 3.05) is 6.54 Å². The van der Waals surface area contributed by atoms with Crippen LogP contribution in [0, 0.1) is 0 Å². The summed E-state index contributed by atoms with van der Waals surface area (Å²) >= 11 is 0. The van der Waals surface area contributed by atoms with Crippen molar-refractivity contribution in [2.24, 2.45) is 0 Å². The molecular weight excluding hydrogens is 192 g/mol. The largest absolute Gasteiger partial charge is 0.392 e. The van der Waals surface area contributed by atoms with Gasteiger partial charge in [0.1, 0.15) is 0 Å². The van der Waals surface area contributed by atoms with Gasteiger partial charge in [-0.3, -0.25) is 4.79 Å². The zero-order valence-corrected chi connectivity index (χ0v) is 9.04. The Labute approximate surface area is 90.4 Å². The molecule has 4 heteroatoms. The van der Waals surface area contributed by atoms with E-state index in [1.165, 1.54) is 6.42 Å². The van der Waals surface area contributed by atoms with Gasteiger partial charge in [-0.1, -0.05) is 12.8 Å². The molecule has 1 amide bonds. The number of rotatable bonds is 2. The number of aliphatic hydroxyl groups excluding tert-OH is 1. The van der Waals surface area contributed by atoms with Gasteiger partial charge in [-0.05, 0) is 19.3 Å². The Bertz CT molecular complexity index is 223. The molecule has 1 saturated heterocycles. The van der Waals surface area contributed by atoms with E-state index in [0.717, 1.165) is 25.7 Å². The summed E-state index contributed by atoms with van der Waals surface area (Å²) in [5, 5.41) is 16.1. The van der Waals surface area contributed by atoms with E-state index in [2.05, 4.69) is 10.6 Å². The molecular formula is C11H20N2O2. The highest BCUT2D eigenvalue weighted by atomic mass is 16.3. The first kappa shape index (κ1) is 10.9. The Morgan fingerprint density at radius 1 is 1.27 bits per heavy atom. The van der Waals surface area contributed by atoms with Crippen molar-refractivity contribution >= 4 is 5.91 Å². The van der Waals surface area contributed by atoms with Gasteiger partial charge in [0.2, 0.25) is 5.91 Å². The van der Waals surface area contributed by atoms with Gasteiger partial charge in [0.25, 0.3) is 0 Å². The zero-order chi connectivity index (χ0) is 10.7. The number of nitrogens with one attached hydrogen (secondary N) is 2. The van der Waals surface area contributed by atoms with Crippen LogP contribution < -0.4 is 10.6 Å². The molecule has 1 aliphatic heterocycles. The Kier molecular flexibility index (Phi) is 3.59. The summed E-state index contributed by atoms with van der Waals surface area (Å²) in [6.45, 7) is 0.710. The van der Waals surface area contributed by atoms with Crippen LogP contribution in [0.2, 0.25) is 0 Å². The average Bonchev–Trinajstić information content (AvgIpc) is 2.25. The molecule has 0 aromatic rings. The second-order valence-electron chi connectivity index (χ2n) is 4.66. The monoisotopic (exact) mass is 212 g/mol. The molecule has 3 atom stereocenters. The van der Waals surface area contributed by atoms with Crippen LogP contribution in [0.15, 0.2) is 0 Å². The van der Waals surface area contributed by atoms with Crippen LogP contribution in [-0.4, -0.2) is 35.7 Å². The molecule has 0 aromatic heterocycles. The second kappa shape index (κ2) is 4.94. The predicted octanol–water partition coefficient (Wildman–Crippen LogP) is 0.158. The molecule has 4 nitrogen and oxygen atoms in total. The summed E-state index contributed by atoms with van der Waals surface area (Å²) in [6.07, 6.45) is 5.63. The van der Waals surface area contributed by atoms with Crippen LogP contribution in [0.25, 0.3) is 0 Å². The normalized spacial score (nSPS) is 37.4. The van der Waals surface area contributed by atoms with E-state index in [4.69, 9.17) is 0 Å². The molecule has 1 aliphatic carbocycles. The molecule has 1 heterocycles. The van der Waals surface area contributed by atoms with Crippen molar-refractivity contribution in [2.45, 2.75) is 56.7 Å². The number of amides is 1. The highest BCUT2D eigenvalue weighted by molar-refractivity contribution is 5.76. The minimum atomic E-state index is -0.198. The number of carbonyl (C=O) groups is 1. The third kappa shape index (κ3) is 2.92. The van der Waals surface area contributed by atoms with Crippen LogP contribution in [0.5, 0.6) is 0 Å². The van der Waals surface area contributed by atoms with Crippen molar-refractivity contribution in [3.63, 3.8) is 0 Å². The summed E-state index contributed by atoms with van der Waals surface area (Å²) in [6, 6.07) is 0.583. The van der Waals surface area contributed by atoms with E-state index in [-0.39, 0.29) is 18.1 Å². The lowest BCUT2D eigenvalue weighted by molar-refractivity contribution is -0.122. The van der Waals surface area contributed by atoms with Gasteiger partial charge in [0.15, 0.2) is 0 Å². The van der Waals surface area contributed by atoms with Gasteiger partial charge >= 0.3 is 0 Å². The van der Waals surface area contributed by atoms with Gasteiger partial charge in [-0.2, -0.15) is 0 Å². The van der Waals surface area contributed by atoms with Crippen LogP contribution in [0.4, 0.5) is 0 Å². The van der Waals surface area contributed by atoms with E-state index in [1.807, 2.05) is 0 Å². The number of aliphatic hydroxyl groups is 1. The molecule has 1 unspecified atom stereocenters. The third-order valence-corrected chi connectivity index (χ3v) is 3.44. The Hall–Kier alpha value is -0.610. The van der Waals surface area contributed by atoms with E-state index in [0.29, 0.717) is 19.0 Å². The SMILES string of the molecule is O=C1CCC(N[C@H]2CCCC[C@@H]2O)CN1. The Morgan fingerprint density at radius 2 is 2.07 bits per heavy atom. The second-order valence-corrected chi connectivity index (χ2v) is 4.66. The standard InChI is InChI=1S/C11H20N2O2/c14-10-4-2-1-3-9(10)13-8-5-6-11(15)12-7-8/h8-10,13-14H,1-7H2,(H,12,15)/t8?,9-,10-/m0/s1. The third-order valence-electron chi connectivity index (χ3n) is 3.44. The fraction of sp³-hybridized carbons (Fsp3) is 0.909. The molecule has 0 bridgehead atoms. The summed E-state index contributed by atoms with van der Waals surface area (Å²) < 4.78 is 0. The fourth-order valence-corrected chi connectivity index (χ4v) is 2.48. The summed E-state index contributed by atoms with van der Waals surface area (Å²) in [7, 11) is 0. The highest BCUT2D eigenvalue weighted by Crippen LogP contribution is 2.19. The minimum Gasteiger partial charge on any atom is -0.392 e. The van der Waals surface area contributed by atoms with Gasteiger partial charge in [0, 0.05) is 25.0 Å². The number of hydrogen-bond donors (Lipinski definition) is 3. The van der Waals surface area contributed by atoms with E-state index >= 15 is 0 Å². The van der Waals surface area contributed by atoms with Crippen molar-refractivity contribution in [3.8, 4) is 0 Å². The van der Waals surface area contributed by atoms with E-state index in [9.17, 15) is 9.90 Å². The maximum atomic E-state index is 11.0. The van der Waals surface area contributed by atoms with Gasteiger partial charge in [0.05, 0.1) is 6.10 Å². The van der Waals surface area contributed by atoms with Crippen molar-refractivity contribution in [3.05, 3.63) is 0 Å². The first-order valence-corrected chi connectivity index (χ1v) is 5.96. The Balaban J connectivity index is 1.78. The van der Waals surface area contributed by atoms with Gasteiger partial charge in [-0.25, -0.2) is 0 Å². The first-order chi connectivity index (χ1) is 7.25. The van der Waals surface area contributed by atoms with Crippen molar-refractivity contribution in [1.82, 2.24) is 10.6 Å². The first-order valence-electron chi connectivity index (χ1n) is 5.96. The smallest absolute Gasteiger partial charge is 0.220 e. The molecule has 86 valence electrons. The lowest BCUT2D eigenvalue weighted by Gasteiger charge is -2.33. The van der Waals surface area contributed by atoms with Crippen LogP contribution >= 0.6 is 0 Å². The van der Waals surface area contributed by atoms with Gasteiger partial charge < -0.3 is 15.7 Å². The minimum absolute atomic E-state index is 0.150. The van der Waals surface area contributed by atoms with Gasteiger partial charge in [-0.15, -0.1) is 0 Å². The number of piperidine rings is 1. The Morgan fingerprint density at radius 3 is 2.73 bits per heavy atom. The predicted molar refractivity (Wildman–Crippen MR) is 57.4 cm³/mol. The maximum absolute atomic E-state index is 11.0. The molecule has 2 rings (SSSR count). The van der Waals surface area contributed by atoms with Crippen LogP contribution in [0.1, 0.15) is 38.5 Å². The molecule has 0 aromatic carbocycles. The number of carbonyl (C=O) groups excluding carboxylic acids is 1. The fourth-order valence-electron chi connectivity index (χ4n) is 2.48. The average molecular weight is 212 g/mol. The van der Waals surface area contributed by atoms with Crippen molar-refractivity contribution in [1.29, 1.82) is 0 Å². The molecule has 2 fully saturated rings. The highest BCUT2D eigenvalue weighted by Gasteiger charge is 2.26. The molecule has 2 aliphatic rings. The molecule has 15 heavy (non-hydrogen) atoms. The quantitative estimate of drug-likeness (QED) is 0.611. The van der Waals surface area contributed by atoms with E-state index < -0.39 is 0 Å². The summed E-state index contributed by atoms with van der Waals surface area (Å²) in [5.74, 6) is 0.150. The lowest BCUT2D eigenvalue weighted by atomic mass is 9.91. The molecule has 0 radical (unpaired) electrons. The molecule has 1 saturated carbocycles. The summed E-state index contributed by atoms with van der Waals surface area (Å²) in [4.78, 5) is 11.0. The number of hydrogen-bond acceptors (Lipinski definition) is 3. The maximum Gasteiger partial charge on any atom is 0.220 e. The van der Waals surface area contributed by atoms with Crippen LogP contribution in [-0.2, 0) is 4.79 Å². The van der Waals surface area contributed by atoms with Crippen LogP contribution in [0.3, 0.4) is 0 Å². The topological polar surface area (TPSA) is 61.4 Å². The lowest BCUT2D eigenvalue weighted by Crippen LogP contribution is -2.53. The zero-order valence-electron chi connectivity index (χ0n) is 9.04. The van der Waals surface area contributed by atoms with E-state index in [1.54, 1.807) is 0 Å². The molecule has 0 spiro atoms. The van der Waals surface area contributed by atoms with Crippen molar-refractivity contribution < 1.29 is 9.90 Å². The molecule has 3 N–H and O–H groups in total. The summed E-state index contributed by atoms with van der Waals surface area (Å²) in [5.41, 5.74) is 0.